The van der Waals surface area contributed by atoms with Crippen molar-refractivity contribution in [2.45, 2.75) is 12.8 Å². The van der Waals surface area contributed by atoms with Gasteiger partial charge in [0.05, 0.1) is 5.75 Å². The molecule has 0 radical (unpaired) electrons. The minimum absolute atomic E-state index is 0.181. The fourth-order valence-electron chi connectivity index (χ4n) is 1.34. The average molecular weight is 189 g/mol. The van der Waals surface area contributed by atoms with Gasteiger partial charge in [-0.15, -0.1) is 0 Å². The Morgan fingerprint density at radius 3 is 2.67 bits per heavy atom. The van der Waals surface area contributed by atoms with Crippen molar-refractivity contribution in [3.8, 4) is 0 Å². The molecule has 0 spiro atoms. The predicted molar refractivity (Wildman–Crippen MR) is 50.5 cm³/mol. The molecule has 0 unspecified atom stereocenters. The van der Waals surface area contributed by atoms with Crippen molar-refractivity contribution in [1.29, 1.82) is 0 Å². The smallest absolute Gasteiger partial charge is 0.315 e. The number of hydrogen-bond acceptors (Lipinski definition) is 4. The standard InChI is InChI=1S/C8H15NO2S/c10-8(7-12)11-6-5-9-3-1-2-4-9/h12H,1-7H2. The van der Waals surface area contributed by atoms with E-state index in [0.29, 0.717) is 6.61 Å². The van der Waals surface area contributed by atoms with Crippen LogP contribution in [0.3, 0.4) is 0 Å². The first-order chi connectivity index (χ1) is 5.83. The summed E-state index contributed by atoms with van der Waals surface area (Å²) in [6.07, 6.45) is 2.56. The number of nitrogens with zero attached hydrogens (tertiary/aromatic N) is 1. The van der Waals surface area contributed by atoms with E-state index in [-0.39, 0.29) is 11.7 Å². The average Bonchev–Trinajstić information content (AvgIpc) is 2.57. The number of esters is 1. The molecule has 1 saturated heterocycles. The van der Waals surface area contributed by atoms with Crippen LogP contribution in [0.5, 0.6) is 0 Å². The van der Waals surface area contributed by atoms with Gasteiger partial charge in [-0.05, 0) is 25.9 Å². The highest BCUT2D eigenvalue weighted by Gasteiger charge is 2.11. The minimum Gasteiger partial charge on any atom is -0.464 e. The van der Waals surface area contributed by atoms with Crippen LogP contribution < -0.4 is 0 Å². The zero-order valence-corrected chi connectivity index (χ0v) is 8.06. The summed E-state index contributed by atoms with van der Waals surface area (Å²) in [5.41, 5.74) is 0. The summed E-state index contributed by atoms with van der Waals surface area (Å²) in [4.78, 5) is 13.0. The number of rotatable bonds is 4. The van der Waals surface area contributed by atoms with E-state index >= 15 is 0 Å². The van der Waals surface area contributed by atoms with Crippen molar-refractivity contribution in [2.75, 3.05) is 32.0 Å². The summed E-state index contributed by atoms with van der Waals surface area (Å²) in [5, 5.41) is 0. The Balaban J connectivity index is 1.97. The molecule has 3 nitrogen and oxygen atoms in total. The van der Waals surface area contributed by atoms with Crippen molar-refractivity contribution in [2.24, 2.45) is 0 Å². The van der Waals surface area contributed by atoms with Gasteiger partial charge in [0.1, 0.15) is 6.61 Å². The van der Waals surface area contributed by atoms with Crippen LogP contribution in [0, 0.1) is 0 Å². The summed E-state index contributed by atoms with van der Waals surface area (Å²) >= 11 is 3.81. The van der Waals surface area contributed by atoms with Crippen LogP contribution >= 0.6 is 12.6 Å². The number of hydrogen-bond donors (Lipinski definition) is 1. The zero-order chi connectivity index (χ0) is 8.81. The van der Waals surface area contributed by atoms with Crippen LogP contribution in [0.25, 0.3) is 0 Å². The van der Waals surface area contributed by atoms with E-state index in [4.69, 9.17) is 4.74 Å². The van der Waals surface area contributed by atoms with E-state index in [9.17, 15) is 4.79 Å². The fourth-order valence-corrected chi connectivity index (χ4v) is 1.43. The summed E-state index contributed by atoms with van der Waals surface area (Å²) in [6, 6.07) is 0. The molecule has 0 saturated carbocycles. The van der Waals surface area contributed by atoms with Crippen LogP contribution in [0.15, 0.2) is 0 Å². The van der Waals surface area contributed by atoms with E-state index in [0.717, 1.165) is 19.6 Å². The molecule has 0 atom stereocenters. The molecular weight excluding hydrogens is 174 g/mol. The Bertz CT molecular complexity index is 146. The Kier molecular flexibility index (Phi) is 4.46. The Morgan fingerprint density at radius 2 is 2.08 bits per heavy atom. The lowest BCUT2D eigenvalue weighted by molar-refractivity contribution is -0.140. The van der Waals surface area contributed by atoms with Crippen molar-refractivity contribution >= 4 is 18.6 Å². The highest BCUT2D eigenvalue weighted by molar-refractivity contribution is 7.81. The predicted octanol–water partition coefficient (Wildman–Crippen LogP) is 0.555. The molecule has 0 aromatic rings. The molecular formula is C8H15NO2S. The van der Waals surface area contributed by atoms with Gasteiger partial charge in [-0.1, -0.05) is 0 Å². The fraction of sp³-hybridized carbons (Fsp3) is 0.875. The zero-order valence-electron chi connectivity index (χ0n) is 7.16. The van der Waals surface area contributed by atoms with E-state index in [1.54, 1.807) is 0 Å². The van der Waals surface area contributed by atoms with E-state index < -0.39 is 0 Å². The van der Waals surface area contributed by atoms with Gasteiger partial charge in [-0.2, -0.15) is 12.6 Å². The Morgan fingerprint density at radius 1 is 1.42 bits per heavy atom. The highest BCUT2D eigenvalue weighted by atomic mass is 32.1. The lowest BCUT2D eigenvalue weighted by Crippen LogP contribution is -2.25. The molecule has 0 amide bonds. The number of thiol groups is 1. The number of likely N-dealkylation sites (tertiary alicyclic amines) is 1. The normalized spacial score (nSPS) is 18.1. The van der Waals surface area contributed by atoms with Crippen molar-refractivity contribution < 1.29 is 9.53 Å². The maximum Gasteiger partial charge on any atom is 0.315 e. The number of carbonyl (C=O) groups excluding carboxylic acids is 1. The van der Waals surface area contributed by atoms with Gasteiger partial charge in [0.15, 0.2) is 0 Å². The van der Waals surface area contributed by atoms with Crippen LogP contribution in [-0.4, -0.2) is 42.9 Å². The molecule has 0 aromatic heterocycles. The second-order valence-electron chi connectivity index (χ2n) is 2.93. The SMILES string of the molecule is O=C(CS)OCCN1CCCC1. The lowest BCUT2D eigenvalue weighted by atomic mass is 10.4. The topological polar surface area (TPSA) is 29.5 Å². The molecule has 70 valence electrons. The van der Waals surface area contributed by atoms with E-state index in [2.05, 4.69) is 17.5 Å². The maximum absolute atomic E-state index is 10.7. The molecule has 12 heavy (non-hydrogen) atoms. The van der Waals surface area contributed by atoms with Crippen molar-refractivity contribution in [3.05, 3.63) is 0 Å². The molecule has 1 aliphatic heterocycles. The van der Waals surface area contributed by atoms with Crippen molar-refractivity contribution in [1.82, 2.24) is 4.90 Å². The maximum atomic E-state index is 10.7. The second kappa shape index (κ2) is 5.43. The van der Waals surface area contributed by atoms with Crippen LogP contribution in [0.4, 0.5) is 0 Å². The molecule has 0 aliphatic carbocycles. The summed E-state index contributed by atoms with van der Waals surface area (Å²) in [6.45, 7) is 3.69. The van der Waals surface area contributed by atoms with Gasteiger partial charge in [-0.3, -0.25) is 9.69 Å². The first-order valence-corrected chi connectivity index (χ1v) is 4.95. The van der Waals surface area contributed by atoms with Crippen LogP contribution in [0.1, 0.15) is 12.8 Å². The van der Waals surface area contributed by atoms with Gasteiger partial charge >= 0.3 is 5.97 Å². The monoisotopic (exact) mass is 189 g/mol. The second-order valence-corrected chi connectivity index (χ2v) is 3.24. The quantitative estimate of drug-likeness (QED) is 0.517. The largest absolute Gasteiger partial charge is 0.464 e. The van der Waals surface area contributed by atoms with Gasteiger partial charge < -0.3 is 4.74 Å². The molecule has 0 N–H and O–H groups in total. The van der Waals surface area contributed by atoms with Crippen LogP contribution in [-0.2, 0) is 9.53 Å². The molecule has 1 heterocycles. The lowest BCUT2D eigenvalue weighted by Gasteiger charge is -2.13. The summed E-state index contributed by atoms with van der Waals surface area (Å²) in [5.74, 6) is -0.0440. The minimum atomic E-state index is -0.225. The van der Waals surface area contributed by atoms with Gasteiger partial charge in [0.25, 0.3) is 0 Å². The molecule has 1 fully saturated rings. The Hall–Kier alpha value is -0.220. The summed E-state index contributed by atoms with van der Waals surface area (Å²) < 4.78 is 4.90. The highest BCUT2D eigenvalue weighted by Crippen LogP contribution is 2.05. The molecule has 1 aliphatic rings. The molecule has 0 bridgehead atoms. The Labute approximate surface area is 78.5 Å². The van der Waals surface area contributed by atoms with Gasteiger partial charge in [-0.25, -0.2) is 0 Å². The number of carbonyl (C=O) groups is 1. The van der Waals surface area contributed by atoms with Crippen molar-refractivity contribution in [3.63, 3.8) is 0 Å². The van der Waals surface area contributed by atoms with Crippen LogP contribution in [0.2, 0.25) is 0 Å². The van der Waals surface area contributed by atoms with E-state index in [1.807, 2.05) is 0 Å². The molecule has 0 aromatic carbocycles. The third kappa shape index (κ3) is 3.45. The third-order valence-electron chi connectivity index (χ3n) is 2.00. The van der Waals surface area contributed by atoms with Gasteiger partial charge in [0, 0.05) is 6.54 Å². The first-order valence-electron chi connectivity index (χ1n) is 4.32. The van der Waals surface area contributed by atoms with Gasteiger partial charge in [0.2, 0.25) is 0 Å². The molecule has 1 rings (SSSR count). The summed E-state index contributed by atoms with van der Waals surface area (Å²) in [7, 11) is 0. The molecule has 4 heteroatoms. The third-order valence-corrected chi connectivity index (χ3v) is 2.26. The number of ether oxygens (including phenoxy) is 1. The first kappa shape index (κ1) is 9.86. The van der Waals surface area contributed by atoms with E-state index in [1.165, 1.54) is 12.8 Å².